The second-order valence-corrected chi connectivity index (χ2v) is 15.2. The lowest BCUT2D eigenvalue weighted by atomic mass is 10.1. The summed E-state index contributed by atoms with van der Waals surface area (Å²) in [6.45, 7) is 1.85. The zero-order valence-corrected chi connectivity index (χ0v) is 28.0. The zero-order chi connectivity index (χ0) is 34.3. The number of rotatable bonds is 11. The number of aryl methyl sites for hydroxylation is 2. The van der Waals surface area contributed by atoms with Gasteiger partial charge in [0.05, 0.1) is 38.4 Å². The molecule has 1 amide bonds. The Bertz CT molecular complexity index is 1980. The lowest BCUT2D eigenvalue weighted by Crippen LogP contribution is -2.19. The molecule has 4 aromatic carbocycles. The Morgan fingerprint density at radius 1 is 0.646 bits per heavy atom. The lowest BCUT2D eigenvalue weighted by molar-refractivity contribution is -0.150. The molecule has 0 heterocycles. The summed E-state index contributed by atoms with van der Waals surface area (Å²) in [6.07, 6.45) is 2.48. The molecule has 12 heteroatoms. The van der Waals surface area contributed by atoms with Crippen molar-refractivity contribution < 1.29 is 40.6 Å². The van der Waals surface area contributed by atoms with E-state index in [0.29, 0.717) is 6.61 Å². The fourth-order valence-corrected chi connectivity index (χ4v) is 8.48. The van der Waals surface area contributed by atoms with E-state index >= 15 is 0 Å². The van der Waals surface area contributed by atoms with E-state index in [1.807, 2.05) is 0 Å². The number of nitrogens with two attached hydrogens (primary N) is 1. The second kappa shape index (κ2) is 15.2. The first kappa shape index (κ1) is 35.0. The molecule has 0 spiro atoms. The highest BCUT2D eigenvalue weighted by atomic mass is 32.2. The average molecular weight is 692 g/mol. The van der Waals surface area contributed by atoms with Crippen LogP contribution in [0.4, 0.5) is 0 Å². The van der Waals surface area contributed by atoms with E-state index < -0.39 is 25.6 Å². The van der Waals surface area contributed by atoms with Gasteiger partial charge in [0.15, 0.2) is 0 Å². The molecule has 4 aromatic rings. The number of primary amides is 1. The van der Waals surface area contributed by atoms with Gasteiger partial charge < -0.3 is 19.9 Å². The molecule has 0 radical (unpaired) electrons. The van der Waals surface area contributed by atoms with Crippen LogP contribution in [0.25, 0.3) is 0 Å². The van der Waals surface area contributed by atoms with E-state index in [2.05, 4.69) is 0 Å². The van der Waals surface area contributed by atoms with E-state index in [9.17, 15) is 26.4 Å². The highest BCUT2D eigenvalue weighted by Gasteiger charge is 2.28. The lowest BCUT2D eigenvalue weighted by Gasteiger charge is -2.13. The fourth-order valence-electron chi connectivity index (χ4n) is 5.82. The Balaban J connectivity index is 0.000000188. The first-order valence-corrected chi connectivity index (χ1v) is 18.5. The summed E-state index contributed by atoms with van der Waals surface area (Å²) in [5, 5.41) is 0. The van der Waals surface area contributed by atoms with Crippen LogP contribution in [0.3, 0.4) is 0 Å². The van der Waals surface area contributed by atoms with Crippen LogP contribution in [0.15, 0.2) is 117 Å². The number of hydrogen-bond donors (Lipinski definition) is 1. The third kappa shape index (κ3) is 8.01. The number of esters is 1. The number of hydrogen-bond acceptors (Lipinski definition) is 9. The van der Waals surface area contributed by atoms with Crippen molar-refractivity contribution in [3.8, 4) is 0 Å². The number of carbonyl (C=O) groups excluding carboxylic acids is 2. The number of amides is 1. The molecule has 2 atom stereocenters. The molecule has 0 bridgehead atoms. The Kier molecular flexibility index (Phi) is 11.1. The monoisotopic (exact) mass is 691 g/mol. The van der Waals surface area contributed by atoms with Gasteiger partial charge in [-0.1, -0.05) is 48.5 Å². The van der Waals surface area contributed by atoms with E-state index in [1.54, 1.807) is 104 Å². The Morgan fingerprint density at radius 2 is 1.08 bits per heavy atom. The van der Waals surface area contributed by atoms with Crippen LogP contribution >= 0.6 is 0 Å². The molecular weight excluding hydrogens is 655 g/mol. The molecular formula is C36H37NO9S2. The SMILES string of the molecule is CCOC(=O)COC1CCc2cc(S(=O)(=O)c3ccccc3)ccc21.NC(=O)COC1CCc2cc(S(=O)(=O)c3ccccc3)ccc21. The number of carbonyl (C=O) groups is 2. The molecule has 0 saturated carbocycles. The summed E-state index contributed by atoms with van der Waals surface area (Å²) in [4.78, 5) is 23.4. The van der Waals surface area contributed by atoms with Gasteiger partial charge in [-0.2, -0.15) is 0 Å². The van der Waals surface area contributed by atoms with Gasteiger partial charge in [0.1, 0.15) is 13.2 Å². The van der Waals surface area contributed by atoms with Gasteiger partial charge in [-0.25, -0.2) is 21.6 Å². The smallest absolute Gasteiger partial charge is 0.332 e. The summed E-state index contributed by atoms with van der Waals surface area (Å²) in [5.74, 6) is -0.902. The predicted octanol–water partition coefficient (Wildman–Crippen LogP) is 5.10. The molecule has 0 fully saturated rings. The molecule has 6 rings (SSSR count). The van der Waals surface area contributed by atoms with Crippen molar-refractivity contribution in [1.29, 1.82) is 0 Å². The van der Waals surface area contributed by atoms with Crippen LogP contribution in [0.2, 0.25) is 0 Å². The molecule has 2 aliphatic carbocycles. The molecule has 2 N–H and O–H groups in total. The van der Waals surface area contributed by atoms with Crippen LogP contribution < -0.4 is 5.73 Å². The Labute approximate surface area is 280 Å². The van der Waals surface area contributed by atoms with Crippen LogP contribution in [0, 0.1) is 0 Å². The minimum Gasteiger partial charge on any atom is -0.464 e. The molecule has 0 aromatic heterocycles. The van der Waals surface area contributed by atoms with Gasteiger partial charge in [0.25, 0.3) is 0 Å². The van der Waals surface area contributed by atoms with Gasteiger partial charge in [0, 0.05) is 0 Å². The van der Waals surface area contributed by atoms with Gasteiger partial charge in [0.2, 0.25) is 25.6 Å². The van der Waals surface area contributed by atoms with Crippen molar-refractivity contribution in [2.75, 3.05) is 19.8 Å². The van der Waals surface area contributed by atoms with Gasteiger partial charge in [-0.15, -0.1) is 0 Å². The Hall–Kier alpha value is -4.36. The maximum Gasteiger partial charge on any atom is 0.332 e. The summed E-state index contributed by atoms with van der Waals surface area (Å²) in [5.41, 5.74) is 8.85. The first-order chi connectivity index (χ1) is 23.0. The molecule has 2 aliphatic rings. The largest absolute Gasteiger partial charge is 0.464 e. The second-order valence-electron chi connectivity index (χ2n) is 11.3. The average Bonchev–Trinajstić information content (AvgIpc) is 3.70. The zero-order valence-electron chi connectivity index (χ0n) is 26.4. The van der Waals surface area contributed by atoms with Crippen LogP contribution in [0.1, 0.15) is 54.2 Å². The van der Waals surface area contributed by atoms with E-state index in [1.165, 1.54) is 0 Å². The van der Waals surface area contributed by atoms with E-state index in [0.717, 1.165) is 47.9 Å². The van der Waals surface area contributed by atoms with Crippen molar-refractivity contribution in [2.24, 2.45) is 5.73 Å². The van der Waals surface area contributed by atoms with Gasteiger partial charge in [-0.05, 0) is 103 Å². The van der Waals surface area contributed by atoms with Crippen LogP contribution in [0.5, 0.6) is 0 Å². The van der Waals surface area contributed by atoms with Gasteiger partial charge in [-0.3, -0.25) is 4.79 Å². The quantitative estimate of drug-likeness (QED) is 0.212. The number of ether oxygens (including phenoxy) is 3. The predicted molar refractivity (Wildman–Crippen MR) is 177 cm³/mol. The topological polar surface area (TPSA) is 156 Å². The third-order valence-electron chi connectivity index (χ3n) is 8.14. The standard InChI is InChI=1S/C19H20O5S.C17H17NO4S/c1-2-23-19(20)13-24-18-11-8-14-12-16(9-10-17(14)18)25(21,22)15-6-4-3-5-7-15;18-17(19)11-22-16-9-6-12-10-14(7-8-15(12)16)23(20,21)13-4-2-1-3-5-13/h3-7,9-10,12,18H,2,8,11,13H2,1H3;1-5,7-8,10,16H,6,9,11H2,(H2,18,19). The third-order valence-corrected chi connectivity index (χ3v) is 11.7. The van der Waals surface area contributed by atoms with E-state index in [4.69, 9.17) is 19.9 Å². The Morgan fingerprint density at radius 3 is 1.50 bits per heavy atom. The summed E-state index contributed by atoms with van der Waals surface area (Å²) < 4.78 is 66.7. The van der Waals surface area contributed by atoms with E-state index in [-0.39, 0.29) is 51.0 Å². The fraction of sp³-hybridized carbons (Fsp3) is 0.278. The van der Waals surface area contributed by atoms with Crippen molar-refractivity contribution in [3.63, 3.8) is 0 Å². The highest BCUT2D eigenvalue weighted by molar-refractivity contribution is 7.91. The summed E-state index contributed by atoms with van der Waals surface area (Å²) >= 11 is 0. The maximum atomic E-state index is 12.7. The molecule has 2 unspecified atom stereocenters. The number of fused-ring (bicyclic) bond motifs is 2. The highest BCUT2D eigenvalue weighted by Crippen LogP contribution is 2.37. The molecule has 10 nitrogen and oxygen atoms in total. The molecule has 252 valence electrons. The molecule has 0 aliphatic heterocycles. The minimum atomic E-state index is -3.53. The number of sulfone groups is 2. The van der Waals surface area contributed by atoms with Crippen molar-refractivity contribution in [2.45, 2.75) is 64.4 Å². The van der Waals surface area contributed by atoms with Crippen molar-refractivity contribution >= 4 is 31.6 Å². The number of benzene rings is 4. The van der Waals surface area contributed by atoms with Gasteiger partial charge >= 0.3 is 5.97 Å². The maximum absolute atomic E-state index is 12.7. The minimum absolute atomic E-state index is 0.0952. The molecule has 0 saturated heterocycles. The first-order valence-electron chi connectivity index (χ1n) is 15.5. The van der Waals surface area contributed by atoms with Crippen LogP contribution in [-0.4, -0.2) is 48.5 Å². The van der Waals surface area contributed by atoms with Crippen LogP contribution in [-0.2, 0) is 56.3 Å². The molecule has 48 heavy (non-hydrogen) atoms. The van der Waals surface area contributed by atoms with Crippen molar-refractivity contribution in [3.05, 3.63) is 119 Å². The summed E-state index contributed by atoms with van der Waals surface area (Å²) in [7, 11) is -7.04. The van der Waals surface area contributed by atoms with Crippen molar-refractivity contribution in [1.82, 2.24) is 0 Å². The normalized spacial score (nSPS) is 16.7. The summed E-state index contributed by atoms with van der Waals surface area (Å²) in [6, 6.07) is 26.9.